The van der Waals surface area contributed by atoms with Gasteiger partial charge in [0, 0.05) is 31.6 Å². The van der Waals surface area contributed by atoms with Crippen molar-refractivity contribution >= 4 is 28.3 Å². The molecular formula is C21H23ClF3N5O2. The van der Waals surface area contributed by atoms with E-state index in [9.17, 15) is 13.2 Å². The lowest BCUT2D eigenvalue weighted by Crippen LogP contribution is -2.43. The van der Waals surface area contributed by atoms with Gasteiger partial charge in [-0.2, -0.15) is 9.97 Å². The molecule has 4 fully saturated rings. The van der Waals surface area contributed by atoms with Crippen LogP contribution in [0.15, 0.2) is 6.20 Å². The van der Waals surface area contributed by atoms with Gasteiger partial charge in [0.2, 0.25) is 0 Å². The summed E-state index contributed by atoms with van der Waals surface area (Å²) in [4.78, 5) is 15.8. The number of nitrogens with zero attached hydrogens (tertiary/aromatic N) is 5. The van der Waals surface area contributed by atoms with E-state index in [1.807, 2.05) is 0 Å². The average Bonchev–Trinajstić information content (AvgIpc) is 3.14. The number of aromatic nitrogens is 3. The highest BCUT2D eigenvalue weighted by Gasteiger charge is 2.56. The largest absolute Gasteiger partial charge is 0.461 e. The summed E-state index contributed by atoms with van der Waals surface area (Å²) in [6, 6.07) is -0.926. The van der Waals surface area contributed by atoms with Crippen LogP contribution in [0, 0.1) is 11.7 Å². The molecule has 2 aromatic rings. The summed E-state index contributed by atoms with van der Waals surface area (Å²) in [5.41, 5.74) is -1.37. The third-order valence-electron chi connectivity index (χ3n) is 6.99. The highest BCUT2D eigenvalue weighted by atomic mass is 35.5. The summed E-state index contributed by atoms with van der Waals surface area (Å²) in [6.07, 6.45) is 0.136. The molecule has 1 aliphatic carbocycles. The molecule has 172 valence electrons. The second kappa shape index (κ2) is 7.56. The fraction of sp³-hybridized carbons (Fsp3) is 0.667. The van der Waals surface area contributed by atoms with E-state index in [1.54, 1.807) is 9.80 Å². The topological polar surface area (TPSA) is 63.6 Å². The predicted molar refractivity (Wildman–Crippen MR) is 111 cm³/mol. The lowest BCUT2D eigenvalue weighted by Gasteiger charge is -2.31. The molecule has 0 aromatic carbocycles. The smallest absolute Gasteiger partial charge is 0.319 e. The van der Waals surface area contributed by atoms with Crippen LogP contribution >= 0.6 is 11.6 Å². The Kier molecular flexibility index (Phi) is 4.37. The van der Waals surface area contributed by atoms with Crippen LogP contribution in [0.1, 0.15) is 22.0 Å². The maximum atomic E-state index is 15.0. The number of halogens is 4. The summed E-state index contributed by atoms with van der Waals surface area (Å²) in [7, 11) is 0. The van der Waals surface area contributed by atoms with Gasteiger partial charge in [0.1, 0.15) is 30.2 Å². The minimum absolute atomic E-state index is 0.0126. The van der Waals surface area contributed by atoms with E-state index in [-0.39, 0.29) is 42.2 Å². The van der Waals surface area contributed by atoms with Crippen LogP contribution in [0.4, 0.5) is 19.0 Å². The first-order valence-electron chi connectivity index (χ1n) is 11.8. The Morgan fingerprint density at radius 1 is 1.34 bits per heavy atom. The first-order valence-corrected chi connectivity index (χ1v) is 11.2. The molecule has 3 aliphatic heterocycles. The van der Waals surface area contributed by atoms with E-state index in [0.29, 0.717) is 32.5 Å². The second-order valence-corrected chi connectivity index (χ2v) is 9.27. The van der Waals surface area contributed by atoms with Gasteiger partial charge in [0.15, 0.2) is 11.0 Å². The van der Waals surface area contributed by atoms with Gasteiger partial charge in [-0.3, -0.25) is 4.90 Å². The molecule has 1 saturated carbocycles. The minimum atomic E-state index is -2.35. The molecule has 0 spiro atoms. The van der Waals surface area contributed by atoms with Crippen molar-refractivity contribution < 1.29 is 25.4 Å². The molecule has 5 atom stereocenters. The maximum Gasteiger partial charge on any atom is 0.319 e. The molecule has 6 rings (SSSR count). The third-order valence-corrected chi connectivity index (χ3v) is 7.25. The third kappa shape index (κ3) is 3.21. The van der Waals surface area contributed by atoms with Crippen LogP contribution < -0.4 is 9.64 Å². The normalized spacial score (nSPS) is 35.8. The molecule has 7 nitrogen and oxygen atoms in total. The van der Waals surface area contributed by atoms with Gasteiger partial charge in [0.05, 0.1) is 32.9 Å². The maximum absolute atomic E-state index is 15.0. The summed E-state index contributed by atoms with van der Waals surface area (Å²) in [5, 5.41) is -0.200. The Morgan fingerprint density at radius 3 is 3.09 bits per heavy atom. The first kappa shape index (κ1) is 18.5. The predicted octanol–water partition coefficient (Wildman–Crippen LogP) is 2.95. The number of alkyl halides is 2. The molecule has 11 heteroatoms. The molecular weight excluding hydrogens is 447 g/mol. The Balaban J connectivity index is 1.44. The van der Waals surface area contributed by atoms with E-state index in [0.717, 1.165) is 0 Å². The van der Waals surface area contributed by atoms with Crippen molar-refractivity contribution in [2.24, 2.45) is 5.92 Å². The van der Waals surface area contributed by atoms with Crippen molar-refractivity contribution in [3.63, 3.8) is 0 Å². The van der Waals surface area contributed by atoms with Crippen LogP contribution in [0.5, 0.6) is 6.01 Å². The summed E-state index contributed by atoms with van der Waals surface area (Å²) >= 11 is 5.89. The van der Waals surface area contributed by atoms with Gasteiger partial charge in [-0.25, -0.2) is 18.2 Å². The van der Waals surface area contributed by atoms with Crippen LogP contribution in [0.25, 0.3) is 10.9 Å². The van der Waals surface area contributed by atoms with E-state index < -0.39 is 47.5 Å². The Labute approximate surface area is 190 Å². The average molecular weight is 472 g/mol. The highest BCUT2D eigenvalue weighted by Crippen LogP contribution is 2.45. The molecule has 0 bridgehead atoms. The molecule has 4 aliphatic rings. The lowest BCUT2D eigenvalue weighted by molar-refractivity contribution is 0.107. The fourth-order valence-electron chi connectivity index (χ4n) is 5.35. The summed E-state index contributed by atoms with van der Waals surface area (Å²) in [6.45, 7) is -0.754. The van der Waals surface area contributed by atoms with E-state index in [4.69, 9.17) is 23.8 Å². The SMILES string of the molecule is [2H]C([2H])(Oc1nc(N2CCOCC3C2[C@@H]3F)c2cnc(Cl)c(F)c2n1)[C@@]12CCCN1C[C@H](F)C2. The van der Waals surface area contributed by atoms with Gasteiger partial charge < -0.3 is 14.4 Å². The second-order valence-electron chi connectivity index (χ2n) is 8.91. The molecule has 32 heavy (non-hydrogen) atoms. The van der Waals surface area contributed by atoms with E-state index in [1.165, 1.54) is 6.20 Å². The first-order chi connectivity index (χ1) is 16.2. The van der Waals surface area contributed by atoms with Crippen LogP contribution in [-0.4, -0.2) is 83.2 Å². The van der Waals surface area contributed by atoms with Crippen molar-refractivity contribution in [1.29, 1.82) is 0 Å². The highest BCUT2D eigenvalue weighted by molar-refractivity contribution is 6.30. The van der Waals surface area contributed by atoms with Gasteiger partial charge in [0.25, 0.3) is 0 Å². The Morgan fingerprint density at radius 2 is 2.22 bits per heavy atom. The monoisotopic (exact) mass is 471 g/mol. The molecule has 2 aromatic heterocycles. The van der Waals surface area contributed by atoms with Gasteiger partial charge >= 0.3 is 6.01 Å². The molecule has 3 saturated heterocycles. The molecule has 0 N–H and O–H groups in total. The van der Waals surface area contributed by atoms with Crippen molar-refractivity contribution in [2.45, 2.75) is 43.2 Å². The number of rotatable bonds is 4. The fourth-order valence-corrected chi connectivity index (χ4v) is 5.49. The standard InChI is InChI=1S/C21H23ClF3N5O2/c22-18-15(25)16-12(7-26-18)19(30-4-5-31-9-13-14(24)17(13)30)28-20(27-16)32-10-21-2-1-3-29(21)8-11(23)6-21/h7,11,13-14,17H,1-6,8-10H2/t11-,13?,14-,17?,21+/m1/s1/i10D2. The van der Waals surface area contributed by atoms with Crippen molar-refractivity contribution in [3.8, 4) is 6.01 Å². The lowest BCUT2D eigenvalue weighted by atomic mass is 9.95. The minimum Gasteiger partial charge on any atom is -0.461 e. The number of anilines is 1. The molecule has 2 unspecified atom stereocenters. The van der Waals surface area contributed by atoms with E-state index in [2.05, 4.69) is 15.0 Å². The molecule has 0 radical (unpaired) electrons. The Hall–Kier alpha value is -1.91. The molecule has 5 heterocycles. The van der Waals surface area contributed by atoms with Crippen LogP contribution in [-0.2, 0) is 4.74 Å². The van der Waals surface area contributed by atoms with Gasteiger partial charge in [-0.1, -0.05) is 11.6 Å². The van der Waals surface area contributed by atoms with Crippen LogP contribution in [0.3, 0.4) is 0 Å². The van der Waals surface area contributed by atoms with E-state index >= 15 is 0 Å². The summed E-state index contributed by atoms with van der Waals surface area (Å²) in [5.74, 6) is -1.07. The van der Waals surface area contributed by atoms with Gasteiger partial charge in [-0.15, -0.1) is 0 Å². The van der Waals surface area contributed by atoms with Crippen LogP contribution in [0.2, 0.25) is 5.15 Å². The van der Waals surface area contributed by atoms with Gasteiger partial charge in [-0.05, 0) is 19.4 Å². The Bertz CT molecular complexity index is 1150. The number of hydrogen-bond acceptors (Lipinski definition) is 7. The quantitative estimate of drug-likeness (QED) is 0.635. The van der Waals surface area contributed by atoms with Crippen molar-refractivity contribution in [3.05, 3.63) is 17.2 Å². The summed E-state index contributed by atoms with van der Waals surface area (Å²) < 4.78 is 72.4. The number of pyridine rings is 1. The number of fused-ring (bicyclic) bond motifs is 3. The zero-order chi connectivity index (χ0) is 23.8. The van der Waals surface area contributed by atoms with Crippen molar-refractivity contribution in [1.82, 2.24) is 19.9 Å². The zero-order valence-corrected chi connectivity index (χ0v) is 17.9. The number of ether oxygens (including phenoxy) is 2. The van der Waals surface area contributed by atoms with Crippen molar-refractivity contribution in [2.75, 3.05) is 44.3 Å². The number of hydrogen-bond donors (Lipinski definition) is 0. The zero-order valence-electron chi connectivity index (χ0n) is 19.1. The molecule has 0 amide bonds.